The van der Waals surface area contributed by atoms with Gasteiger partial charge in [0.2, 0.25) is 5.91 Å². The van der Waals surface area contributed by atoms with Gasteiger partial charge in [-0.2, -0.15) is 4.59 Å². The first-order valence-electron chi connectivity index (χ1n) is 18.9. The van der Waals surface area contributed by atoms with E-state index in [4.69, 9.17) is 9.47 Å². The number of allylic oxidation sites excluding steroid dienone is 2. The van der Waals surface area contributed by atoms with Gasteiger partial charge in [-0.15, -0.1) is 4.36 Å². The lowest BCUT2D eigenvalue weighted by Gasteiger charge is -2.46. The van der Waals surface area contributed by atoms with Crippen LogP contribution in [0.3, 0.4) is 0 Å². The second-order valence-corrected chi connectivity index (χ2v) is 18.3. The van der Waals surface area contributed by atoms with E-state index in [1.54, 1.807) is 19.4 Å². The van der Waals surface area contributed by atoms with Gasteiger partial charge in [0.1, 0.15) is 21.9 Å². The molecule has 278 valence electrons. The molecule has 2 aromatic carbocycles. The summed E-state index contributed by atoms with van der Waals surface area (Å²) >= 11 is 0. The summed E-state index contributed by atoms with van der Waals surface area (Å²) in [6.45, 7) is 6.27. The van der Waals surface area contributed by atoms with Crippen LogP contribution >= 0.6 is 0 Å². The maximum absolute atomic E-state index is 14.5. The number of carbonyl (C=O) groups excluding carboxylic acids is 2. The number of quaternary nitrogens is 1. The SMILES string of the molecule is CO[C@H]1/C=C/C[C@H](C)CS(=O)(NC(=O)CCC2=C[N+](C)(C)N=C2)=NC(=O)c2ccc3c(c2)N(C[C@@H]2CC[C@H]21)C[C@@]1(CCCc2cc(C)ccc21)CO3. The van der Waals surface area contributed by atoms with E-state index in [0.29, 0.717) is 41.4 Å². The highest BCUT2D eigenvalue weighted by Crippen LogP contribution is 2.47. The highest BCUT2D eigenvalue weighted by molar-refractivity contribution is 7.92. The molecule has 2 bridgehead atoms. The lowest BCUT2D eigenvalue weighted by Crippen LogP contribution is -2.49. The molecule has 1 spiro atoms. The standard InChI is InChI=1S/C41H53N5O5S/c1-28-11-16-35-31(20-28)9-7-19-41(35)26-45-23-33-13-15-34(33)37(50-5)10-6-8-29(2)25-52(49,43-39(47)18-12-30-22-42-46(3,4)24-30)44-40(48)32-14-17-38(51-27-41)36(45)21-32/h6,10-11,14,16-17,20-22,24,29,33-34,37H,7-9,12-13,15,18-19,23,25-27H2,1-5H3/p+1/b10-6+/t29-,33-,34+,37-,41-,52?/m0/s1. The number of carbonyl (C=O) groups is 2. The van der Waals surface area contributed by atoms with Crippen molar-refractivity contribution in [2.45, 2.75) is 76.7 Å². The Kier molecular flexibility index (Phi) is 10.2. The number of benzene rings is 2. The number of aryl methyl sites for hydroxylation is 2. The van der Waals surface area contributed by atoms with Gasteiger partial charge in [-0.3, -0.25) is 14.3 Å². The monoisotopic (exact) mass is 728 g/mol. The summed E-state index contributed by atoms with van der Waals surface area (Å²) < 4.78 is 34.7. The molecule has 3 aliphatic heterocycles. The number of amides is 2. The molecule has 2 amide bonds. The van der Waals surface area contributed by atoms with Crippen LogP contribution in [0.5, 0.6) is 5.75 Å². The van der Waals surface area contributed by atoms with Gasteiger partial charge in [-0.1, -0.05) is 47.9 Å². The molecular formula is C41H54N5O5S+. The summed E-state index contributed by atoms with van der Waals surface area (Å²) in [5, 5.41) is 4.40. The van der Waals surface area contributed by atoms with Gasteiger partial charge in [-0.05, 0) is 98.9 Å². The van der Waals surface area contributed by atoms with Crippen LogP contribution in [0.15, 0.2) is 69.8 Å². The number of nitrogens with one attached hydrogen (secondary N) is 1. The Balaban J connectivity index is 1.24. The first-order chi connectivity index (χ1) is 24.8. The molecule has 0 radical (unpaired) electrons. The first kappa shape index (κ1) is 36.6. The molecule has 0 aromatic heterocycles. The molecule has 3 heterocycles. The number of methoxy groups -OCH3 is 1. The molecular weight excluding hydrogens is 675 g/mol. The third kappa shape index (κ3) is 7.77. The summed E-state index contributed by atoms with van der Waals surface area (Å²) in [4.78, 5) is 29.7. The van der Waals surface area contributed by atoms with E-state index in [1.165, 1.54) is 16.7 Å². The minimum atomic E-state index is -3.45. The van der Waals surface area contributed by atoms with Gasteiger partial charge < -0.3 is 14.4 Å². The van der Waals surface area contributed by atoms with Crippen LogP contribution in [0.2, 0.25) is 0 Å². The second kappa shape index (κ2) is 14.6. The molecule has 7 rings (SSSR count). The molecule has 1 N–H and O–H groups in total. The molecule has 1 fully saturated rings. The number of nitrogens with zero attached hydrogens (tertiary/aromatic N) is 4. The van der Waals surface area contributed by atoms with Crippen molar-refractivity contribution in [2.24, 2.45) is 27.2 Å². The van der Waals surface area contributed by atoms with Crippen LogP contribution in [0, 0.1) is 24.7 Å². The van der Waals surface area contributed by atoms with Crippen LogP contribution in [0.25, 0.3) is 0 Å². The fourth-order valence-corrected chi connectivity index (χ4v) is 10.8. The van der Waals surface area contributed by atoms with Crippen LogP contribution in [-0.2, 0) is 31.3 Å². The molecule has 5 aliphatic rings. The third-order valence-electron chi connectivity index (χ3n) is 11.6. The van der Waals surface area contributed by atoms with E-state index in [-0.39, 0.29) is 29.6 Å². The summed E-state index contributed by atoms with van der Waals surface area (Å²) in [5.74, 6) is 0.442. The summed E-state index contributed by atoms with van der Waals surface area (Å²) in [5.41, 5.74) is 5.96. The predicted octanol–water partition coefficient (Wildman–Crippen LogP) is 6.48. The highest BCUT2D eigenvalue weighted by atomic mass is 32.2. The number of rotatable bonds is 5. The number of hydrogen-bond acceptors (Lipinski definition) is 7. The Morgan fingerprint density at radius 2 is 2.04 bits per heavy atom. The molecule has 11 heteroatoms. The second-order valence-electron chi connectivity index (χ2n) is 16.3. The van der Waals surface area contributed by atoms with Crippen molar-refractivity contribution in [3.63, 3.8) is 0 Å². The van der Waals surface area contributed by atoms with Crippen molar-refractivity contribution < 1.29 is 27.9 Å². The van der Waals surface area contributed by atoms with Crippen molar-refractivity contribution in [1.29, 1.82) is 0 Å². The van der Waals surface area contributed by atoms with Crippen LogP contribution in [0.4, 0.5) is 5.69 Å². The first-order valence-corrected chi connectivity index (χ1v) is 20.5. The van der Waals surface area contributed by atoms with E-state index >= 15 is 0 Å². The van der Waals surface area contributed by atoms with Gasteiger partial charge in [0, 0.05) is 43.2 Å². The van der Waals surface area contributed by atoms with Gasteiger partial charge in [0.25, 0.3) is 5.91 Å². The predicted molar refractivity (Wildman–Crippen MR) is 206 cm³/mol. The quantitative estimate of drug-likeness (QED) is 0.279. The zero-order valence-corrected chi connectivity index (χ0v) is 32.1. The summed E-state index contributed by atoms with van der Waals surface area (Å²) in [6.07, 6.45) is 14.5. The third-order valence-corrected chi connectivity index (χ3v) is 13.7. The lowest BCUT2D eigenvalue weighted by atomic mass is 9.68. The van der Waals surface area contributed by atoms with Crippen molar-refractivity contribution in [2.75, 3.05) is 51.6 Å². The fraction of sp³-hybridized carbons (Fsp3) is 0.537. The average Bonchev–Trinajstić information content (AvgIpc) is 3.36. The molecule has 2 aromatic rings. The minimum Gasteiger partial charge on any atom is -0.490 e. The normalized spacial score (nSPS) is 31.6. The van der Waals surface area contributed by atoms with E-state index in [1.807, 2.05) is 39.4 Å². The Hall–Kier alpha value is -3.80. The highest BCUT2D eigenvalue weighted by Gasteiger charge is 2.44. The van der Waals surface area contributed by atoms with Crippen molar-refractivity contribution in [3.8, 4) is 5.75 Å². The fourth-order valence-electron chi connectivity index (χ4n) is 8.84. The smallest absolute Gasteiger partial charge is 0.286 e. The number of anilines is 1. The molecule has 10 nitrogen and oxygen atoms in total. The van der Waals surface area contributed by atoms with Crippen LogP contribution in [-0.4, -0.2) is 79.6 Å². The maximum atomic E-state index is 14.5. The Labute approximate surface area is 309 Å². The molecule has 2 aliphatic carbocycles. The average molecular weight is 729 g/mol. The number of hydrogen-bond donors (Lipinski definition) is 1. The minimum absolute atomic E-state index is 0.0346. The van der Waals surface area contributed by atoms with Crippen molar-refractivity contribution in [1.82, 2.24) is 4.72 Å². The number of ether oxygens (including phenoxy) is 2. The molecule has 1 saturated carbocycles. The van der Waals surface area contributed by atoms with E-state index < -0.39 is 21.7 Å². The van der Waals surface area contributed by atoms with E-state index in [0.717, 1.165) is 62.2 Å². The van der Waals surface area contributed by atoms with E-state index in [9.17, 15) is 13.8 Å². The van der Waals surface area contributed by atoms with Crippen LogP contribution in [0.1, 0.15) is 78.9 Å². The topological polar surface area (TPSA) is 110 Å². The number of fused-ring (bicyclic) bond motifs is 4. The zero-order valence-electron chi connectivity index (χ0n) is 31.3. The molecule has 6 atom stereocenters. The van der Waals surface area contributed by atoms with Crippen molar-refractivity contribution >= 4 is 33.6 Å². The lowest BCUT2D eigenvalue weighted by molar-refractivity contribution is -0.843. The van der Waals surface area contributed by atoms with Crippen molar-refractivity contribution in [3.05, 3.63) is 82.6 Å². The van der Waals surface area contributed by atoms with E-state index in [2.05, 4.69) is 56.4 Å². The maximum Gasteiger partial charge on any atom is 0.286 e. The zero-order chi connectivity index (χ0) is 36.7. The Morgan fingerprint density at radius 1 is 1.19 bits per heavy atom. The Bertz CT molecular complexity index is 1940. The molecule has 0 saturated heterocycles. The largest absolute Gasteiger partial charge is 0.490 e. The van der Waals surface area contributed by atoms with Gasteiger partial charge in [0.15, 0.2) is 0 Å². The molecule has 52 heavy (non-hydrogen) atoms. The van der Waals surface area contributed by atoms with Crippen LogP contribution < -0.4 is 14.4 Å². The van der Waals surface area contributed by atoms with Gasteiger partial charge in [-0.25, -0.2) is 4.21 Å². The molecule has 1 unspecified atom stereocenters. The summed E-state index contributed by atoms with van der Waals surface area (Å²) in [6, 6.07) is 12.3. The van der Waals surface area contributed by atoms with Gasteiger partial charge in [0.05, 0.1) is 44.5 Å². The Morgan fingerprint density at radius 3 is 2.79 bits per heavy atom. The van der Waals surface area contributed by atoms with Gasteiger partial charge >= 0.3 is 0 Å². The summed E-state index contributed by atoms with van der Waals surface area (Å²) in [7, 11) is 2.22.